The largest absolute Gasteiger partial charge is 0.340 e. The van der Waals surface area contributed by atoms with Crippen LogP contribution in [0.1, 0.15) is 17.4 Å². The summed E-state index contributed by atoms with van der Waals surface area (Å²) in [4.78, 5) is 33.7. The summed E-state index contributed by atoms with van der Waals surface area (Å²) in [6.07, 6.45) is 2.74. The number of benzene rings is 1. The molecule has 0 atom stereocenters. The van der Waals surface area contributed by atoms with Crippen LogP contribution in [0.2, 0.25) is 0 Å². The second-order valence-corrected chi connectivity index (χ2v) is 7.90. The number of carbonyl (C=O) groups is 1. The average molecular weight is 388 g/mol. The maximum atomic E-state index is 12.9. The van der Waals surface area contributed by atoms with Gasteiger partial charge in [0.25, 0.3) is 5.56 Å². The summed E-state index contributed by atoms with van der Waals surface area (Å²) in [6, 6.07) is 11.7. The molecule has 3 rings (SSSR count). The zero-order chi connectivity index (χ0) is 18.7. The number of thioether (sulfide) groups is 1. The van der Waals surface area contributed by atoms with Crippen molar-refractivity contribution in [1.29, 1.82) is 0 Å². The lowest BCUT2D eigenvalue weighted by Crippen LogP contribution is -2.34. The summed E-state index contributed by atoms with van der Waals surface area (Å²) in [5.41, 5.74) is 0.913. The molecule has 5 nitrogen and oxygen atoms in total. The third-order valence-corrected chi connectivity index (χ3v) is 6.03. The zero-order valence-electron chi connectivity index (χ0n) is 15.1. The maximum absolute atomic E-state index is 12.9. The van der Waals surface area contributed by atoms with Crippen LogP contribution in [-0.2, 0) is 24.3 Å². The zero-order valence-corrected chi connectivity index (χ0v) is 16.7. The van der Waals surface area contributed by atoms with Crippen LogP contribution in [0.5, 0.6) is 0 Å². The third-order valence-electron chi connectivity index (χ3n) is 4.18. The van der Waals surface area contributed by atoms with Crippen LogP contribution in [0.15, 0.2) is 46.3 Å². The van der Waals surface area contributed by atoms with Crippen LogP contribution in [0.4, 0.5) is 0 Å². The third kappa shape index (κ3) is 3.83. The molecular formula is C19H21N3O2S2. The number of rotatable bonds is 6. The summed E-state index contributed by atoms with van der Waals surface area (Å²) < 4.78 is 1.49. The molecule has 1 amide bonds. The fourth-order valence-electron chi connectivity index (χ4n) is 2.72. The Labute approximate surface area is 160 Å². The van der Waals surface area contributed by atoms with Crippen molar-refractivity contribution in [2.45, 2.75) is 31.6 Å². The average Bonchev–Trinajstić information content (AvgIpc) is 3.08. The van der Waals surface area contributed by atoms with E-state index in [4.69, 9.17) is 0 Å². The topological polar surface area (TPSA) is 55.2 Å². The van der Waals surface area contributed by atoms with Crippen molar-refractivity contribution in [3.05, 3.63) is 57.2 Å². The number of nitrogens with zero attached hydrogens (tertiary/aromatic N) is 3. The van der Waals surface area contributed by atoms with Gasteiger partial charge in [0.1, 0.15) is 11.4 Å². The quantitative estimate of drug-likeness (QED) is 0.480. The molecule has 0 fully saturated rings. The first-order valence-electron chi connectivity index (χ1n) is 8.38. The van der Waals surface area contributed by atoms with E-state index in [9.17, 15) is 9.59 Å². The Kier molecular flexibility index (Phi) is 5.78. The molecule has 0 saturated heterocycles. The fraction of sp³-hybridized carbons (Fsp3) is 0.316. The highest BCUT2D eigenvalue weighted by atomic mass is 32.2. The molecule has 0 aliphatic carbocycles. The van der Waals surface area contributed by atoms with Crippen molar-refractivity contribution in [3.8, 4) is 0 Å². The molecule has 2 heterocycles. The summed E-state index contributed by atoms with van der Waals surface area (Å²) in [5, 5.41) is 1.18. The van der Waals surface area contributed by atoms with Gasteiger partial charge in [-0.15, -0.1) is 11.3 Å². The molecule has 0 radical (unpaired) electrons. The van der Waals surface area contributed by atoms with Crippen molar-refractivity contribution in [3.63, 3.8) is 0 Å². The van der Waals surface area contributed by atoms with Crippen molar-refractivity contribution >= 4 is 39.2 Å². The van der Waals surface area contributed by atoms with Gasteiger partial charge in [0, 0.05) is 18.5 Å². The van der Waals surface area contributed by atoms with Crippen molar-refractivity contribution in [1.82, 2.24) is 14.5 Å². The Morgan fingerprint density at radius 1 is 1.31 bits per heavy atom. The Bertz CT molecular complexity index is 980. The van der Waals surface area contributed by atoms with Crippen LogP contribution < -0.4 is 5.56 Å². The second-order valence-electron chi connectivity index (χ2n) is 6.01. The van der Waals surface area contributed by atoms with E-state index in [1.54, 1.807) is 23.3 Å². The number of amides is 1. The Morgan fingerprint density at radius 3 is 2.69 bits per heavy atom. The minimum atomic E-state index is -0.142. The molecule has 0 N–H and O–H groups in total. The first-order chi connectivity index (χ1) is 12.5. The lowest BCUT2D eigenvalue weighted by Gasteiger charge is -2.19. The van der Waals surface area contributed by atoms with E-state index in [1.807, 2.05) is 42.7 Å². The molecular weight excluding hydrogens is 366 g/mol. The molecule has 0 bridgehead atoms. The predicted octanol–water partition coefficient (Wildman–Crippen LogP) is 3.40. The second kappa shape index (κ2) is 8.05. The molecule has 2 aromatic heterocycles. The minimum absolute atomic E-state index is 0.00140. The van der Waals surface area contributed by atoms with Crippen molar-refractivity contribution < 1.29 is 4.79 Å². The molecule has 7 heteroatoms. The van der Waals surface area contributed by atoms with Crippen molar-refractivity contribution in [2.24, 2.45) is 0 Å². The molecule has 0 spiro atoms. The summed E-state index contributed by atoms with van der Waals surface area (Å²) in [7, 11) is 1.75. The highest BCUT2D eigenvalue weighted by Gasteiger charge is 2.17. The van der Waals surface area contributed by atoms with Gasteiger partial charge in [-0.25, -0.2) is 4.98 Å². The van der Waals surface area contributed by atoms with Gasteiger partial charge in [-0.3, -0.25) is 14.2 Å². The Balaban J connectivity index is 1.88. The molecule has 1 aromatic carbocycles. The number of hydrogen-bond acceptors (Lipinski definition) is 5. The van der Waals surface area contributed by atoms with E-state index in [-0.39, 0.29) is 18.0 Å². The number of likely N-dealkylation sites (N-methyl/N-ethyl adjacent to an activating group) is 1. The van der Waals surface area contributed by atoms with E-state index in [0.29, 0.717) is 17.1 Å². The van der Waals surface area contributed by atoms with Crippen LogP contribution in [-0.4, -0.2) is 33.7 Å². The van der Waals surface area contributed by atoms with Gasteiger partial charge < -0.3 is 4.90 Å². The molecule has 3 aromatic rings. The van der Waals surface area contributed by atoms with E-state index >= 15 is 0 Å². The van der Waals surface area contributed by atoms with Gasteiger partial charge in [0.05, 0.1) is 5.39 Å². The van der Waals surface area contributed by atoms with E-state index in [2.05, 4.69) is 11.9 Å². The molecule has 0 aliphatic rings. The Morgan fingerprint density at radius 2 is 2.04 bits per heavy atom. The smallest absolute Gasteiger partial charge is 0.263 e. The fourth-order valence-corrected chi connectivity index (χ4v) is 4.28. The maximum Gasteiger partial charge on any atom is 0.263 e. The lowest BCUT2D eigenvalue weighted by molar-refractivity contribution is -0.131. The first-order valence-corrected chi connectivity index (χ1v) is 10.4. The van der Waals surface area contributed by atoms with E-state index in [1.165, 1.54) is 16.3 Å². The van der Waals surface area contributed by atoms with Gasteiger partial charge in [0.15, 0.2) is 5.16 Å². The van der Waals surface area contributed by atoms with Crippen LogP contribution in [0.3, 0.4) is 0 Å². The predicted molar refractivity (Wildman–Crippen MR) is 108 cm³/mol. The molecule has 0 aliphatic heterocycles. The van der Waals surface area contributed by atoms with Gasteiger partial charge >= 0.3 is 0 Å². The monoisotopic (exact) mass is 387 g/mol. The highest BCUT2D eigenvalue weighted by Crippen LogP contribution is 2.24. The van der Waals surface area contributed by atoms with E-state index in [0.717, 1.165) is 21.7 Å². The number of thiophene rings is 1. The summed E-state index contributed by atoms with van der Waals surface area (Å²) >= 11 is 2.93. The number of fused-ring (bicyclic) bond motifs is 1. The van der Waals surface area contributed by atoms with Gasteiger partial charge in [-0.05, 0) is 24.3 Å². The van der Waals surface area contributed by atoms with Gasteiger partial charge in [-0.2, -0.15) is 0 Å². The van der Waals surface area contributed by atoms with E-state index < -0.39 is 0 Å². The molecule has 0 saturated carbocycles. The molecule has 0 unspecified atom stereocenters. The summed E-state index contributed by atoms with van der Waals surface area (Å²) in [6.45, 7) is 2.57. The number of aromatic nitrogens is 2. The lowest BCUT2D eigenvalue weighted by atomic mass is 10.2. The van der Waals surface area contributed by atoms with Gasteiger partial charge in [-0.1, -0.05) is 49.0 Å². The standard InChI is InChI=1S/C19H21N3O2S2/c1-4-14-10-15-17(26-14)20-19(25-3)22(18(15)24)12-16(23)21(2)11-13-8-6-5-7-9-13/h5-10H,4,11-12H2,1-3H3. The van der Waals surface area contributed by atoms with Crippen LogP contribution in [0.25, 0.3) is 10.2 Å². The minimum Gasteiger partial charge on any atom is -0.340 e. The summed E-state index contributed by atoms with van der Waals surface area (Å²) in [5.74, 6) is -0.113. The Hall–Kier alpha value is -2.12. The normalized spacial score (nSPS) is 11.0. The first kappa shape index (κ1) is 18.7. The number of hydrogen-bond donors (Lipinski definition) is 0. The van der Waals surface area contributed by atoms with Crippen LogP contribution >= 0.6 is 23.1 Å². The SMILES string of the molecule is CCc1cc2c(=O)n(CC(=O)N(C)Cc3ccccc3)c(SC)nc2s1. The van der Waals surface area contributed by atoms with Crippen molar-refractivity contribution in [2.75, 3.05) is 13.3 Å². The van der Waals surface area contributed by atoms with Crippen LogP contribution in [0, 0.1) is 0 Å². The molecule has 26 heavy (non-hydrogen) atoms. The van der Waals surface area contributed by atoms with Gasteiger partial charge in [0.2, 0.25) is 5.91 Å². The number of carbonyl (C=O) groups excluding carboxylic acids is 1. The number of aryl methyl sites for hydroxylation is 1. The molecule has 136 valence electrons. The highest BCUT2D eigenvalue weighted by molar-refractivity contribution is 7.98.